The number of hydrogen-bond donors (Lipinski definition) is 1. The van der Waals surface area contributed by atoms with Crippen LogP contribution in [0.2, 0.25) is 0 Å². The van der Waals surface area contributed by atoms with Gasteiger partial charge in [0.25, 0.3) is 5.56 Å². The second kappa shape index (κ2) is 9.75. The van der Waals surface area contributed by atoms with Crippen LogP contribution in [0.5, 0.6) is 5.75 Å². The van der Waals surface area contributed by atoms with Crippen LogP contribution < -0.4 is 20.9 Å². The summed E-state index contributed by atoms with van der Waals surface area (Å²) < 4.78 is 40.1. The van der Waals surface area contributed by atoms with Crippen molar-refractivity contribution in [3.63, 3.8) is 0 Å². The van der Waals surface area contributed by atoms with Gasteiger partial charge >= 0.3 is 5.69 Å². The van der Waals surface area contributed by atoms with Crippen molar-refractivity contribution in [1.29, 1.82) is 0 Å². The number of aryl methyl sites for hydroxylation is 1. The smallest absolute Gasteiger partial charge is 0.354 e. The molecule has 10 heteroatoms. The van der Waals surface area contributed by atoms with E-state index in [4.69, 9.17) is 4.74 Å². The van der Waals surface area contributed by atoms with Gasteiger partial charge in [0, 0.05) is 30.1 Å². The first-order chi connectivity index (χ1) is 20.3. The highest BCUT2D eigenvalue weighted by atomic mass is 19.1. The van der Waals surface area contributed by atoms with Crippen molar-refractivity contribution < 1.29 is 13.5 Å². The first kappa shape index (κ1) is 26.3. The summed E-state index contributed by atoms with van der Waals surface area (Å²) in [5.41, 5.74) is 0.818. The number of nitrogens with one attached hydrogen (secondary N) is 1. The minimum atomic E-state index is -0.808. The predicted octanol–water partition coefficient (Wildman–Crippen LogP) is 5.75. The standard InChI is InChI=1S/C32H29F2N5O3/c1-16(2)27-28(17(3)9-11-35-27)39-22-14-20(24-21(33)8-7-18-10-12-36-31(40)23(18)24)26(34)29-25(22)30(37-32(39)41)38-13-5-4-6-19(38)15-42-29/h7-12,14,16,19H,4-6,13,15H2,1-3H3,(H,36,40)/t19-/m1/s1. The molecule has 0 spiro atoms. The molecule has 0 bridgehead atoms. The molecule has 42 heavy (non-hydrogen) atoms. The third-order valence-electron chi connectivity index (χ3n) is 8.46. The summed E-state index contributed by atoms with van der Waals surface area (Å²) in [7, 11) is 0. The maximum absolute atomic E-state index is 16.8. The van der Waals surface area contributed by atoms with Gasteiger partial charge in [-0.25, -0.2) is 13.6 Å². The zero-order valence-corrected chi connectivity index (χ0v) is 23.5. The number of aromatic amines is 1. The summed E-state index contributed by atoms with van der Waals surface area (Å²) in [5, 5.41) is 0.807. The SMILES string of the molecule is Cc1ccnc(C(C)C)c1-n1c(=O)nc2c3c(c(F)c(-c4c(F)ccc5cc[nH]c(=O)c45)cc31)OC[C@H]1CCCCN21. The molecule has 0 amide bonds. The highest BCUT2D eigenvalue weighted by molar-refractivity contribution is 6.03. The van der Waals surface area contributed by atoms with E-state index in [1.807, 2.05) is 25.7 Å². The molecule has 7 rings (SSSR count). The lowest BCUT2D eigenvalue weighted by Gasteiger charge is -2.35. The van der Waals surface area contributed by atoms with Crippen LogP contribution in [0, 0.1) is 18.6 Å². The lowest BCUT2D eigenvalue weighted by atomic mass is 9.96. The summed E-state index contributed by atoms with van der Waals surface area (Å²) in [6.45, 7) is 6.66. The fraction of sp³-hybridized carbons (Fsp3) is 0.312. The Kier molecular flexibility index (Phi) is 6.11. The Hall–Kier alpha value is -4.60. The molecular weight excluding hydrogens is 540 g/mol. The molecule has 1 N–H and O–H groups in total. The highest BCUT2D eigenvalue weighted by Gasteiger charge is 2.35. The number of hydrogen-bond acceptors (Lipinski definition) is 6. The third kappa shape index (κ3) is 3.84. The number of H-pyrrole nitrogens is 1. The zero-order valence-electron chi connectivity index (χ0n) is 23.5. The van der Waals surface area contributed by atoms with E-state index in [1.165, 1.54) is 29.0 Å². The van der Waals surface area contributed by atoms with E-state index in [9.17, 15) is 9.59 Å². The van der Waals surface area contributed by atoms with E-state index >= 15 is 8.78 Å². The zero-order chi connectivity index (χ0) is 29.3. The van der Waals surface area contributed by atoms with Crippen LogP contribution in [0.4, 0.5) is 14.6 Å². The number of pyridine rings is 2. The Morgan fingerprint density at radius 1 is 1.10 bits per heavy atom. The number of rotatable bonds is 3. The molecule has 2 aliphatic rings. The van der Waals surface area contributed by atoms with Crippen LogP contribution in [0.25, 0.3) is 38.5 Å². The Morgan fingerprint density at radius 3 is 2.74 bits per heavy atom. The van der Waals surface area contributed by atoms with Gasteiger partial charge in [-0.1, -0.05) is 19.9 Å². The van der Waals surface area contributed by atoms with Crippen molar-refractivity contribution in [1.82, 2.24) is 19.5 Å². The molecule has 5 aromatic rings. The van der Waals surface area contributed by atoms with Gasteiger partial charge in [-0.15, -0.1) is 0 Å². The van der Waals surface area contributed by atoms with Crippen LogP contribution in [0.15, 0.2) is 52.3 Å². The number of anilines is 1. The van der Waals surface area contributed by atoms with Gasteiger partial charge in [0.05, 0.1) is 33.7 Å². The maximum atomic E-state index is 16.8. The van der Waals surface area contributed by atoms with E-state index in [1.54, 1.807) is 18.3 Å². The van der Waals surface area contributed by atoms with Crippen LogP contribution >= 0.6 is 0 Å². The summed E-state index contributed by atoms with van der Waals surface area (Å²) in [6, 6.07) is 7.50. The molecule has 0 unspecified atom stereocenters. The van der Waals surface area contributed by atoms with Gasteiger partial charge in [0.1, 0.15) is 18.2 Å². The van der Waals surface area contributed by atoms with Crippen molar-refractivity contribution >= 4 is 27.5 Å². The average molecular weight is 570 g/mol. The Bertz CT molecular complexity index is 2030. The third-order valence-corrected chi connectivity index (χ3v) is 8.46. The van der Waals surface area contributed by atoms with E-state index in [0.717, 1.165) is 24.8 Å². The molecule has 1 atom stereocenters. The van der Waals surface area contributed by atoms with E-state index < -0.39 is 22.9 Å². The lowest BCUT2D eigenvalue weighted by molar-refractivity contribution is 0.258. The number of piperidine rings is 1. The van der Waals surface area contributed by atoms with Crippen LogP contribution in [-0.4, -0.2) is 38.7 Å². The maximum Gasteiger partial charge on any atom is 0.354 e. The molecule has 3 aromatic heterocycles. The molecule has 0 radical (unpaired) electrons. The molecule has 0 saturated carbocycles. The number of halogens is 2. The van der Waals surface area contributed by atoms with Crippen LogP contribution in [-0.2, 0) is 0 Å². The van der Waals surface area contributed by atoms with Gasteiger partial charge in [0.2, 0.25) is 0 Å². The topological polar surface area (TPSA) is 93.1 Å². The summed E-state index contributed by atoms with van der Waals surface area (Å²) in [5.74, 6) is -1.37. The highest BCUT2D eigenvalue weighted by Crippen LogP contribution is 2.45. The number of aromatic nitrogens is 4. The number of benzene rings is 2. The van der Waals surface area contributed by atoms with E-state index in [0.29, 0.717) is 40.0 Å². The second-order valence-corrected chi connectivity index (χ2v) is 11.4. The molecule has 214 valence electrons. The van der Waals surface area contributed by atoms with E-state index in [2.05, 4.69) is 15.0 Å². The molecule has 1 saturated heterocycles. The molecule has 1 fully saturated rings. The normalized spacial score (nSPS) is 16.5. The van der Waals surface area contributed by atoms with Crippen molar-refractivity contribution in [3.8, 4) is 22.6 Å². The first-order valence-corrected chi connectivity index (χ1v) is 14.2. The second-order valence-electron chi connectivity index (χ2n) is 11.4. The molecule has 2 aliphatic heterocycles. The minimum Gasteiger partial charge on any atom is -0.487 e. The van der Waals surface area contributed by atoms with Gasteiger partial charge in [-0.2, -0.15) is 4.98 Å². The van der Waals surface area contributed by atoms with Gasteiger partial charge in [-0.05, 0) is 67.3 Å². The quantitative estimate of drug-likeness (QED) is 0.298. The van der Waals surface area contributed by atoms with Gasteiger partial charge < -0.3 is 14.6 Å². The molecule has 0 aliphatic carbocycles. The average Bonchev–Trinajstić information content (AvgIpc) is 3.13. The number of fused-ring (bicyclic) bond motifs is 3. The van der Waals surface area contributed by atoms with Crippen molar-refractivity contribution in [3.05, 3.63) is 86.5 Å². The Labute approximate surface area is 239 Å². The largest absolute Gasteiger partial charge is 0.487 e. The fourth-order valence-electron chi connectivity index (χ4n) is 6.49. The number of ether oxygens (including phenoxy) is 1. The summed E-state index contributed by atoms with van der Waals surface area (Å²) in [4.78, 5) is 40.8. The van der Waals surface area contributed by atoms with Crippen molar-refractivity contribution in [2.45, 2.75) is 52.0 Å². The summed E-state index contributed by atoms with van der Waals surface area (Å²) in [6.07, 6.45) is 5.84. The first-order valence-electron chi connectivity index (χ1n) is 14.2. The number of nitrogens with zero attached hydrogens (tertiary/aromatic N) is 4. The Balaban J connectivity index is 1.68. The van der Waals surface area contributed by atoms with Gasteiger partial charge in [0.15, 0.2) is 11.6 Å². The lowest BCUT2D eigenvalue weighted by Crippen LogP contribution is -2.43. The van der Waals surface area contributed by atoms with E-state index in [-0.39, 0.29) is 40.8 Å². The van der Waals surface area contributed by atoms with Crippen LogP contribution in [0.1, 0.15) is 50.3 Å². The van der Waals surface area contributed by atoms with Crippen molar-refractivity contribution in [2.24, 2.45) is 0 Å². The fourth-order valence-corrected chi connectivity index (χ4v) is 6.49. The molecule has 2 aromatic carbocycles. The molecule has 8 nitrogen and oxygen atoms in total. The molecular formula is C32H29F2N5O3. The minimum absolute atomic E-state index is 0.0117. The Morgan fingerprint density at radius 2 is 1.93 bits per heavy atom. The van der Waals surface area contributed by atoms with Gasteiger partial charge in [-0.3, -0.25) is 14.3 Å². The van der Waals surface area contributed by atoms with Crippen LogP contribution in [0.3, 0.4) is 0 Å². The summed E-state index contributed by atoms with van der Waals surface area (Å²) >= 11 is 0. The molecule has 5 heterocycles. The predicted molar refractivity (Wildman–Crippen MR) is 158 cm³/mol. The monoisotopic (exact) mass is 569 g/mol. The van der Waals surface area contributed by atoms with Crippen molar-refractivity contribution in [2.75, 3.05) is 18.1 Å².